The topological polar surface area (TPSA) is 64.7 Å². The Hall–Kier alpha value is -7.50. The highest BCUT2D eigenvalue weighted by atomic mass is 16.3. The molecule has 11 aromatic rings. The van der Waals surface area contributed by atoms with Gasteiger partial charge in [-0.05, 0) is 80.7 Å². The summed E-state index contributed by atoms with van der Waals surface area (Å²) in [6.07, 6.45) is 1.93. The van der Waals surface area contributed by atoms with Crippen LogP contribution in [0.15, 0.2) is 187 Å². The van der Waals surface area contributed by atoms with Crippen molar-refractivity contribution in [2.75, 3.05) is 0 Å². The number of fused-ring (bicyclic) bond motifs is 6. The molecule has 256 valence electrons. The molecule has 55 heavy (non-hydrogen) atoms. The van der Waals surface area contributed by atoms with E-state index in [0.717, 1.165) is 93.3 Å². The van der Waals surface area contributed by atoms with E-state index in [0.29, 0.717) is 17.5 Å². The molecule has 0 aliphatic carbocycles. The summed E-state index contributed by atoms with van der Waals surface area (Å²) in [6, 6.07) is 60.9. The van der Waals surface area contributed by atoms with E-state index in [9.17, 15) is 0 Å². The van der Waals surface area contributed by atoms with Crippen LogP contribution in [0.1, 0.15) is 0 Å². The molecule has 3 heterocycles. The van der Waals surface area contributed by atoms with E-state index in [1.165, 1.54) is 0 Å². The summed E-state index contributed by atoms with van der Waals surface area (Å²) in [4.78, 5) is 20.5. The van der Waals surface area contributed by atoms with Crippen molar-refractivity contribution in [2.45, 2.75) is 0 Å². The van der Waals surface area contributed by atoms with Gasteiger partial charge in [0.25, 0.3) is 0 Å². The molecule has 11 rings (SSSR count). The van der Waals surface area contributed by atoms with Crippen molar-refractivity contribution in [3.05, 3.63) is 182 Å². The Morgan fingerprint density at radius 2 is 0.982 bits per heavy atom. The Morgan fingerprint density at radius 1 is 0.345 bits per heavy atom. The van der Waals surface area contributed by atoms with Gasteiger partial charge in [-0.25, -0.2) is 15.0 Å². The second-order valence-corrected chi connectivity index (χ2v) is 13.9. The molecule has 0 saturated heterocycles. The zero-order valence-corrected chi connectivity index (χ0v) is 29.5. The van der Waals surface area contributed by atoms with Crippen LogP contribution in [0.2, 0.25) is 0 Å². The first-order valence-electron chi connectivity index (χ1n) is 18.4. The van der Waals surface area contributed by atoms with Crippen LogP contribution in [0.4, 0.5) is 0 Å². The third kappa shape index (κ3) is 5.41. The van der Waals surface area contributed by atoms with Gasteiger partial charge in [-0.2, -0.15) is 0 Å². The minimum absolute atomic E-state index is 0.582. The fraction of sp³-hybridized carbons (Fsp3) is 0. The lowest BCUT2D eigenvalue weighted by Gasteiger charge is -2.13. The largest absolute Gasteiger partial charge is 0.456 e. The van der Waals surface area contributed by atoms with Crippen LogP contribution in [0.5, 0.6) is 0 Å². The maximum absolute atomic E-state index is 6.48. The lowest BCUT2D eigenvalue weighted by atomic mass is 9.96. The lowest BCUT2D eigenvalue weighted by Crippen LogP contribution is -2.01. The van der Waals surface area contributed by atoms with Gasteiger partial charge in [-0.15, -0.1) is 0 Å². The van der Waals surface area contributed by atoms with Crippen molar-refractivity contribution in [2.24, 2.45) is 0 Å². The number of rotatable bonds is 5. The molecule has 0 aliphatic rings. The zero-order chi connectivity index (χ0) is 36.3. The molecule has 8 aromatic carbocycles. The molecule has 5 heteroatoms. The highest BCUT2D eigenvalue weighted by molar-refractivity contribution is 6.15. The quantitative estimate of drug-likeness (QED) is 0.179. The van der Waals surface area contributed by atoms with Gasteiger partial charge >= 0.3 is 0 Å². The van der Waals surface area contributed by atoms with Crippen LogP contribution in [-0.4, -0.2) is 19.9 Å². The Balaban J connectivity index is 1.14. The molecule has 0 aliphatic heterocycles. The molecule has 0 saturated carbocycles. The first-order chi connectivity index (χ1) is 27.2. The Labute approximate surface area is 316 Å². The van der Waals surface area contributed by atoms with Crippen molar-refractivity contribution in [3.8, 4) is 56.4 Å². The maximum Gasteiger partial charge on any atom is 0.164 e. The minimum atomic E-state index is 0.582. The van der Waals surface area contributed by atoms with Crippen molar-refractivity contribution in [1.82, 2.24) is 19.9 Å². The second-order valence-electron chi connectivity index (χ2n) is 13.9. The van der Waals surface area contributed by atoms with Gasteiger partial charge in [0.05, 0.1) is 5.52 Å². The van der Waals surface area contributed by atoms with Crippen LogP contribution in [-0.2, 0) is 0 Å². The number of aromatic nitrogens is 4. The van der Waals surface area contributed by atoms with Gasteiger partial charge in [-0.3, -0.25) is 4.98 Å². The molecule has 0 radical (unpaired) electrons. The molecule has 5 nitrogen and oxygen atoms in total. The predicted molar refractivity (Wildman–Crippen MR) is 225 cm³/mol. The number of nitrogens with zero attached hydrogens (tertiary/aromatic N) is 4. The van der Waals surface area contributed by atoms with Crippen LogP contribution in [0.25, 0.3) is 111 Å². The standard InChI is InChI=1S/C50H30N4O/c1-2-11-31(12-3-1)38-25-36-15-6-8-17-40(36)42(28-38)50-53-48(33-23-21-32(22-24-33)39-26-37-16-7-9-19-44(37)51-30-39)52-49(54-50)41-18-10-20-45-47(41)43-27-34-13-4-5-14-35(34)29-46(43)55-45/h1-30H. The van der Waals surface area contributed by atoms with E-state index in [-0.39, 0.29) is 0 Å². The normalized spacial score (nSPS) is 11.6. The third-order valence-corrected chi connectivity index (χ3v) is 10.5. The van der Waals surface area contributed by atoms with Crippen molar-refractivity contribution >= 4 is 54.4 Å². The van der Waals surface area contributed by atoms with Gasteiger partial charge in [0.1, 0.15) is 11.2 Å². The molecule has 0 atom stereocenters. The average molecular weight is 703 g/mol. The van der Waals surface area contributed by atoms with Crippen molar-refractivity contribution < 1.29 is 4.42 Å². The first kappa shape index (κ1) is 31.1. The number of para-hydroxylation sites is 1. The summed E-state index contributed by atoms with van der Waals surface area (Å²) < 4.78 is 6.48. The van der Waals surface area contributed by atoms with Gasteiger partial charge < -0.3 is 4.42 Å². The molecular formula is C50H30N4O. The van der Waals surface area contributed by atoms with Gasteiger partial charge in [0, 0.05) is 44.6 Å². The molecule has 0 bridgehead atoms. The molecule has 0 fully saturated rings. The molecule has 0 amide bonds. The molecular weight excluding hydrogens is 673 g/mol. The lowest BCUT2D eigenvalue weighted by molar-refractivity contribution is 0.669. The van der Waals surface area contributed by atoms with Crippen LogP contribution < -0.4 is 0 Å². The van der Waals surface area contributed by atoms with E-state index >= 15 is 0 Å². The third-order valence-electron chi connectivity index (χ3n) is 10.5. The maximum atomic E-state index is 6.48. The van der Waals surface area contributed by atoms with Crippen molar-refractivity contribution in [1.29, 1.82) is 0 Å². The van der Waals surface area contributed by atoms with E-state index in [2.05, 4.69) is 140 Å². The summed E-state index contributed by atoms with van der Waals surface area (Å²) >= 11 is 0. The van der Waals surface area contributed by atoms with Gasteiger partial charge in [0.15, 0.2) is 17.5 Å². The van der Waals surface area contributed by atoms with E-state index in [1.54, 1.807) is 0 Å². The molecule has 0 N–H and O–H groups in total. The average Bonchev–Trinajstić information content (AvgIpc) is 3.62. The van der Waals surface area contributed by atoms with E-state index in [1.807, 2.05) is 42.6 Å². The predicted octanol–water partition coefficient (Wildman–Crippen LogP) is 13.0. The highest BCUT2D eigenvalue weighted by Crippen LogP contribution is 2.40. The smallest absolute Gasteiger partial charge is 0.164 e. The number of pyridine rings is 1. The van der Waals surface area contributed by atoms with Crippen LogP contribution in [0, 0.1) is 0 Å². The Bertz CT molecular complexity index is 3260. The Kier molecular flexibility index (Phi) is 7.10. The molecule has 0 spiro atoms. The number of hydrogen-bond acceptors (Lipinski definition) is 5. The molecule has 3 aromatic heterocycles. The zero-order valence-electron chi connectivity index (χ0n) is 29.5. The number of furan rings is 1. The summed E-state index contributed by atoms with van der Waals surface area (Å²) in [7, 11) is 0. The summed E-state index contributed by atoms with van der Waals surface area (Å²) in [6.45, 7) is 0. The molecule has 0 unspecified atom stereocenters. The first-order valence-corrected chi connectivity index (χ1v) is 18.4. The highest BCUT2D eigenvalue weighted by Gasteiger charge is 2.20. The number of hydrogen-bond donors (Lipinski definition) is 0. The SMILES string of the molecule is c1ccc(-c2cc(-c3nc(-c4ccc(-c5cnc6ccccc6c5)cc4)nc(-c4cccc5oc6cc7ccccc7cc6c45)n3)c3ccccc3c2)cc1. The van der Waals surface area contributed by atoms with E-state index < -0.39 is 0 Å². The van der Waals surface area contributed by atoms with Crippen LogP contribution >= 0.6 is 0 Å². The van der Waals surface area contributed by atoms with Gasteiger partial charge in [0.2, 0.25) is 0 Å². The van der Waals surface area contributed by atoms with Crippen molar-refractivity contribution in [3.63, 3.8) is 0 Å². The Morgan fingerprint density at radius 3 is 1.82 bits per heavy atom. The fourth-order valence-electron chi connectivity index (χ4n) is 7.78. The minimum Gasteiger partial charge on any atom is -0.456 e. The van der Waals surface area contributed by atoms with Crippen LogP contribution in [0.3, 0.4) is 0 Å². The summed E-state index contributed by atoms with van der Waals surface area (Å²) in [5.74, 6) is 1.78. The number of benzene rings is 8. The monoisotopic (exact) mass is 702 g/mol. The second kappa shape index (κ2) is 12.6. The summed E-state index contributed by atoms with van der Waals surface area (Å²) in [5.41, 5.74) is 9.66. The summed E-state index contributed by atoms with van der Waals surface area (Å²) in [5, 5.41) is 7.58. The fourth-order valence-corrected chi connectivity index (χ4v) is 7.78. The van der Waals surface area contributed by atoms with Gasteiger partial charge in [-0.1, -0.05) is 133 Å². The van der Waals surface area contributed by atoms with E-state index in [4.69, 9.17) is 24.4 Å².